The summed E-state index contributed by atoms with van der Waals surface area (Å²) >= 11 is 0. The first-order valence-corrected chi connectivity index (χ1v) is 5.02. The Kier molecular flexibility index (Phi) is 2.18. The average Bonchev–Trinajstić information content (AvgIpc) is 2.12. The van der Waals surface area contributed by atoms with Gasteiger partial charge in [-0.1, -0.05) is 12.8 Å². The Bertz CT molecular complexity index is 190. The van der Waals surface area contributed by atoms with Crippen LogP contribution >= 0.6 is 0 Å². The highest BCUT2D eigenvalue weighted by Crippen LogP contribution is 2.32. The molecule has 1 saturated carbocycles. The van der Waals surface area contributed by atoms with Crippen molar-refractivity contribution in [2.45, 2.75) is 38.1 Å². The van der Waals surface area contributed by atoms with E-state index in [0.717, 1.165) is 19.4 Å². The lowest BCUT2D eigenvalue weighted by molar-refractivity contribution is -0.130. The van der Waals surface area contributed by atoms with E-state index in [-0.39, 0.29) is 0 Å². The van der Waals surface area contributed by atoms with Gasteiger partial charge in [-0.05, 0) is 19.9 Å². The first-order valence-electron chi connectivity index (χ1n) is 5.02. The van der Waals surface area contributed by atoms with Gasteiger partial charge in [-0.2, -0.15) is 0 Å². The summed E-state index contributed by atoms with van der Waals surface area (Å²) in [5, 5.41) is 0. The van der Waals surface area contributed by atoms with E-state index in [1.807, 2.05) is 0 Å². The van der Waals surface area contributed by atoms with Gasteiger partial charge in [0.25, 0.3) is 0 Å². The predicted octanol–water partition coefficient (Wildman–Crippen LogP) is 1.45. The first kappa shape index (κ1) is 8.24. The summed E-state index contributed by atoms with van der Waals surface area (Å²) in [6, 6.07) is 0.583. The summed E-state index contributed by atoms with van der Waals surface area (Å²) in [7, 11) is 2.16. The predicted molar refractivity (Wildman–Crippen MR) is 48.0 cm³/mol. The van der Waals surface area contributed by atoms with E-state index in [9.17, 15) is 4.79 Å². The molecule has 0 bridgehead atoms. The Morgan fingerprint density at radius 1 is 1.33 bits per heavy atom. The fraction of sp³-hybridized carbons (Fsp3) is 0.900. The molecule has 12 heavy (non-hydrogen) atoms. The van der Waals surface area contributed by atoms with Gasteiger partial charge in [0.05, 0.1) is 0 Å². The minimum atomic E-state index is 0.387. The van der Waals surface area contributed by atoms with Crippen molar-refractivity contribution in [1.82, 2.24) is 4.90 Å². The van der Waals surface area contributed by atoms with Crippen LogP contribution in [0, 0.1) is 5.92 Å². The number of fused-ring (bicyclic) bond motifs is 1. The fourth-order valence-electron chi connectivity index (χ4n) is 2.65. The molecule has 2 atom stereocenters. The number of hydrogen-bond acceptors (Lipinski definition) is 2. The van der Waals surface area contributed by atoms with E-state index in [2.05, 4.69) is 11.9 Å². The topological polar surface area (TPSA) is 20.3 Å². The third-order valence-electron chi connectivity index (χ3n) is 3.42. The van der Waals surface area contributed by atoms with Gasteiger partial charge in [-0.15, -0.1) is 0 Å². The molecule has 2 nitrogen and oxygen atoms in total. The minimum absolute atomic E-state index is 0.387. The Hall–Kier alpha value is -0.370. The Balaban J connectivity index is 2.11. The number of piperidine rings is 1. The molecule has 0 amide bonds. The van der Waals surface area contributed by atoms with Gasteiger partial charge in [0, 0.05) is 24.9 Å². The lowest BCUT2D eigenvalue weighted by Crippen LogP contribution is -2.48. The third-order valence-corrected chi connectivity index (χ3v) is 3.42. The van der Waals surface area contributed by atoms with Crippen molar-refractivity contribution in [2.75, 3.05) is 13.6 Å². The maximum absolute atomic E-state index is 11.5. The van der Waals surface area contributed by atoms with Crippen LogP contribution in [0.1, 0.15) is 32.1 Å². The lowest BCUT2D eigenvalue weighted by Gasteiger charge is -2.41. The normalized spacial score (nSPS) is 37.9. The van der Waals surface area contributed by atoms with Crippen LogP contribution in [0.2, 0.25) is 0 Å². The largest absolute Gasteiger partial charge is 0.302 e. The van der Waals surface area contributed by atoms with E-state index in [1.54, 1.807) is 0 Å². The second kappa shape index (κ2) is 3.17. The number of rotatable bonds is 0. The maximum Gasteiger partial charge on any atom is 0.138 e. The van der Waals surface area contributed by atoms with E-state index in [4.69, 9.17) is 0 Å². The summed E-state index contributed by atoms with van der Waals surface area (Å²) in [5.74, 6) is 0.912. The quantitative estimate of drug-likeness (QED) is 0.544. The Morgan fingerprint density at radius 2 is 2.08 bits per heavy atom. The van der Waals surface area contributed by atoms with Crippen molar-refractivity contribution in [1.29, 1.82) is 0 Å². The molecule has 2 fully saturated rings. The number of carbonyl (C=O) groups is 1. The van der Waals surface area contributed by atoms with Crippen molar-refractivity contribution in [2.24, 2.45) is 5.92 Å². The van der Waals surface area contributed by atoms with Gasteiger partial charge in [-0.25, -0.2) is 0 Å². The zero-order valence-electron chi connectivity index (χ0n) is 7.75. The molecular formula is C10H17NO. The number of hydrogen-bond donors (Lipinski definition) is 0. The van der Waals surface area contributed by atoms with Crippen LogP contribution in [-0.2, 0) is 4.79 Å². The molecule has 2 rings (SSSR count). The van der Waals surface area contributed by atoms with Gasteiger partial charge >= 0.3 is 0 Å². The molecule has 1 aliphatic carbocycles. The maximum atomic E-state index is 11.5. The van der Waals surface area contributed by atoms with Gasteiger partial charge in [-0.3, -0.25) is 4.79 Å². The SMILES string of the molecule is CN1CCC(=O)C2CCCCC21. The highest BCUT2D eigenvalue weighted by Gasteiger charge is 2.36. The Morgan fingerprint density at radius 3 is 2.83 bits per heavy atom. The number of likely N-dealkylation sites (tertiary alicyclic amines) is 1. The van der Waals surface area contributed by atoms with E-state index in [1.165, 1.54) is 19.3 Å². The molecule has 0 aromatic rings. The van der Waals surface area contributed by atoms with Gasteiger partial charge in [0.1, 0.15) is 5.78 Å². The van der Waals surface area contributed by atoms with Crippen molar-refractivity contribution in [3.63, 3.8) is 0 Å². The van der Waals surface area contributed by atoms with Crippen molar-refractivity contribution in [3.05, 3.63) is 0 Å². The van der Waals surface area contributed by atoms with Crippen LogP contribution in [0.5, 0.6) is 0 Å². The second-order valence-corrected chi connectivity index (χ2v) is 4.16. The monoisotopic (exact) mass is 167 g/mol. The molecule has 2 heteroatoms. The van der Waals surface area contributed by atoms with Gasteiger partial charge < -0.3 is 4.90 Å². The standard InChI is InChI=1S/C10H17NO/c1-11-7-6-10(12)8-4-2-3-5-9(8)11/h8-9H,2-7H2,1H3. The molecule has 0 spiro atoms. The highest BCUT2D eigenvalue weighted by molar-refractivity contribution is 5.82. The number of carbonyl (C=O) groups excluding carboxylic acids is 1. The van der Waals surface area contributed by atoms with E-state index < -0.39 is 0 Å². The molecule has 1 heterocycles. The van der Waals surface area contributed by atoms with E-state index in [0.29, 0.717) is 17.7 Å². The summed E-state index contributed by atoms with van der Waals surface area (Å²) in [6.07, 6.45) is 5.76. The van der Waals surface area contributed by atoms with E-state index >= 15 is 0 Å². The molecule has 2 unspecified atom stereocenters. The summed E-state index contributed by atoms with van der Waals surface area (Å²) < 4.78 is 0. The molecule has 1 aliphatic heterocycles. The van der Waals surface area contributed by atoms with Gasteiger partial charge in [0.2, 0.25) is 0 Å². The zero-order chi connectivity index (χ0) is 8.55. The minimum Gasteiger partial charge on any atom is -0.302 e. The molecule has 0 N–H and O–H groups in total. The number of nitrogens with zero attached hydrogens (tertiary/aromatic N) is 1. The lowest BCUT2D eigenvalue weighted by atomic mass is 9.78. The molecule has 1 saturated heterocycles. The molecule has 68 valence electrons. The third kappa shape index (κ3) is 1.28. The van der Waals surface area contributed by atoms with Crippen LogP contribution in [0.4, 0.5) is 0 Å². The molecule has 2 aliphatic rings. The molecule has 0 radical (unpaired) electrons. The van der Waals surface area contributed by atoms with Crippen LogP contribution in [-0.4, -0.2) is 30.3 Å². The summed E-state index contributed by atoms with van der Waals surface area (Å²) in [6.45, 7) is 0.986. The average molecular weight is 167 g/mol. The van der Waals surface area contributed by atoms with Crippen LogP contribution < -0.4 is 0 Å². The molecular weight excluding hydrogens is 150 g/mol. The van der Waals surface area contributed by atoms with Crippen molar-refractivity contribution < 1.29 is 4.79 Å². The smallest absolute Gasteiger partial charge is 0.138 e. The Labute approximate surface area is 73.9 Å². The van der Waals surface area contributed by atoms with Crippen molar-refractivity contribution >= 4 is 5.78 Å². The number of Topliss-reactive ketones (excluding diaryl/α,β-unsaturated/α-hetero) is 1. The fourth-order valence-corrected chi connectivity index (χ4v) is 2.65. The van der Waals surface area contributed by atoms with Crippen molar-refractivity contribution in [3.8, 4) is 0 Å². The van der Waals surface area contributed by atoms with Gasteiger partial charge in [0.15, 0.2) is 0 Å². The van der Waals surface area contributed by atoms with Crippen LogP contribution in [0.25, 0.3) is 0 Å². The first-order chi connectivity index (χ1) is 5.79. The van der Waals surface area contributed by atoms with Crippen LogP contribution in [0.15, 0.2) is 0 Å². The summed E-state index contributed by atoms with van der Waals surface area (Å²) in [4.78, 5) is 13.9. The highest BCUT2D eigenvalue weighted by atomic mass is 16.1. The second-order valence-electron chi connectivity index (χ2n) is 4.16. The molecule has 0 aromatic heterocycles. The molecule has 0 aromatic carbocycles. The van der Waals surface area contributed by atoms with Crippen LogP contribution in [0.3, 0.4) is 0 Å². The number of ketones is 1. The zero-order valence-corrected chi connectivity index (χ0v) is 7.75. The summed E-state index contributed by atoms with van der Waals surface area (Å²) in [5.41, 5.74) is 0.